The van der Waals surface area contributed by atoms with Crippen LogP contribution in [0.1, 0.15) is 12.8 Å². The quantitative estimate of drug-likeness (QED) is 0.780. The van der Waals surface area contributed by atoms with Crippen molar-refractivity contribution in [2.45, 2.75) is 17.7 Å². The number of piperazine rings is 1. The van der Waals surface area contributed by atoms with Gasteiger partial charge in [-0.15, -0.1) is 0 Å². The zero-order chi connectivity index (χ0) is 15.3. The number of rotatable bonds is 5. The number of halogens is 1. The first-order valence-corrected chi connectivity index (χ1v) is 8.45. The molecule has 5 nitrogen and oxygen atoms in total. The number of sulfonamides is 1. The number of hydrogen-bond donors (Lipinski definition) is 1. The standard InChI is InChI=1S/C14H18FN3O2S/c15-13-5-1-2-6-14(13)21(19,20)18-11-9-17(10-12-18)8-4-3-7-16/h1-2,5-6H,3-4,8-12H2/p+1. The molecule has 0 amide bonds. The molecule has 0 aromatic heterocycles. The van der Waals surface area contributed by atoms with Gasteiger partial charge in [0.25, 0.3) is 0 Å². The van der Waals surface area contributed by atoms with Gasteiger partial charge in [0.05, 0.1) is 38.8 Å². The van der Waals surface area contributed by atoms with E-state index in [1.165, 1.54) is 27.4 Å². The van der Waals surface area contributed by atoms with Crippen molar-refractivity contribution in [3.63, 3.8) is 0 Å². The maximum Gasteiger partial charge on any atom is 0.246 e. The Balaban J connectivity index is 1.99. The minimum Gasteiger partial charge on any atom is -0.333 e. The molecule has 1 aliphatic rings. The zero-order valence-electron chi connectivity index (χ0n) is 11.8. The lowest BCUT2D eigenvalue weighted by molar-refractivity contribution is -0.903. The molecule has 2 rings (SSSR count). The van der Waals surface area contributed by atoms with Crippen molar-refractivity contribution >= 4 is 10.0 Å². The van der Waals surface area contributed by atoms with Crippen LogP contribution in [0.3, 0.4) is 0 Å². The molecule has 1 aromatic carbocycles. The topological polar surface area (TPSA) is 65.6 Å². The Morgan fingerprint density at radius 3 is 2.57 bits per heavy atom. The van der Waals surface area contributed by atoms with Gasteiger partial charge >= 0.3 is 0 Å². The average Bonchev–Trinajstić information content (AvgIpc) is 2.48. The van der Waals surface area contributed by atoms with E-state index in [-0.39, 0.29) is 4.90 Å². The van der Waals surface area contributed by atoms with Crippen LogP contribution in [0.5, 0.6) is 0 Å². The predicted octanol–water partition coefficient (Wildman–Crippen LogP) is 0.0187. The number of benzene rings is 1. The van der Waals surface area contributed by atoms with Crippen molar-refractivity contribution in [3.05, 3.63) is 30.1 Å². The molecule has 0 unspecified atom stereocenters. The van der Waals surface area contributed by atoms with E-state index in [1.807, 2.05) is 0 Å². The molecule has 1 aromatic rings. The lowest BCUT2D eigenvalue weighted by Crippen LogP contribution is -3.14. The molecular formula is C14H19FN3O2S+. The summed E-state index contributed by atoms with van der Waals surface area (Å²) in [6.45, 7) is 3.04. The van der Waals surface area contributed by atoms with Crippen LogP contribution in [0.2, 0.25) is 0 Å². The number of quaternary nitrogens is 1. The molecule has 114 valence electrons. The van der Waals surface area contributed by atoms with E-state index < -0.39 is 15.8 Å². The van der Waals surface area contributed by atoms with Gasteiger partial charge in [0.15, 0.2) is 0 Å². The van der Waals surface area contributed by atoms with Gasteiger partial charge in [-0.05, 0) is 12.1 Å². The molecule has 1 heterocycles. The molecule has 1 saturated heterocycles. The van der Waals surface area contributed by atoms with Crippen molar-refractivity contribution in [2.75, 3.05) is 32.7 Å². The number of unbranched alkanes of at least 4 members (excludes halogenated alkanes) is 1. The van der Waals surface area contributed by atoms with Gasteiger partial charge in [-0.3, -0.25) is 0 Å². The van der Waals surface area contributed by atoms with Gasteiger partial charge in [-0.2, -0.15) is 9.57 Å². The third kappa shape index (κ3) is 3.79. The minimum absolute atomic E-state index is 0.252. The van der Waals surface area contributed by atoms with Gasteiger partial charge in [0.2, 0.25) is 10.0 Å². The molecule has 0 radical (unpaired) electrons. The normalized spacial score (nSPS) is 17.5. The fourth-order valence-corrected chi connectivity index (χ4v) is 4.01. The van der Waals surface area contributed by atoms with E-state index in [0.29, 0.717) is 32.6 Å². The summed E-state index contributed by atoms with van der Waals surface area (Å²) in [6, 6.07) is 7.58. The van der Waals surface area contributed by atoms with Gasteiger partial charge in [-0.1, -0.05) is 12.1 Å². The van der Waals surface area contributed by atoms with Crippen LogP contribution in [0.4, 0.5) is 4.39 Å². The average molecular weight is 312 g/mol. The fourth-order valence-electron chi connectivity index (χ4n) is 2.50. The van der Waals surface area contributed by atoms with Crippen LogP contribution in [-0.2, 0) is 10.0 Å². The summed E-state index contributed by atoms with van der Waals surface area (Å²) < 4.78 is 39.8. The summed E-state index contributed by atoms with van der Waals surface area (Å²) in [4.78, 5) is 1.04. The summed E-state index contributed by atoms with van der Waals surface area (Å²) in [5, 5.41) is 8.51. The van der Waals surface area contributed by atoms with Crippen molar-refractivity contribution in [1.82, 2.24) is 4.31 Å². The first-order chi connectivity index (χ1) is 10.1. The first kappa shape index (κ1) is 15.9. The number of nitrogens with one attached hydrogen (secondary N) is 1. The highest BCUT2D eigenvalue weighted by Crippen LogP contribution is 2.18. The zero-order valence-corrected chi connectivity index (χ0v) is 12.6. The third-order valence-electron chi connectivity index (χ3n) is 3.70. The van der Waals surface area contributed by atoms with Crippen LogP contribution >= 0.6 is 0 Å². The molecule has 0 bridgehead atoms. The molecule has 0 aliphatic carbocycles. The van der Waals surface area contributed by atoms with Crippen molar-refractivity contribution < 1.29 is 17.7 Å². The van der Waals surface area contributed by atoms with E-state index in [2.05, 4.69) is 6.07 Å². The van der Waals surface area contributed by atoms with E-state index in [1.54, 1.807) is 0 Å². The highest BCUT2D eigenvalue weighted by atomic mass is 32.2. The summed E-state index contributed by atoms with van der Waals surface area (Å²) in [6.07, 6.45) is 1.35. The lowest BCUT2D eigenvalue weighted by atomic mass is 10.3. The Labute approximate surface area is 124 Å². The number of nitrogens with zero attached hydrogens (tertiary/aromatic N) is 2. The Kier molecular flexibility index (Phi) is 5.28. The van der Waals surface area contributed by atoms with E-state index >= 15 is 0 Å². The molecule has 0 atom stereocenters. The second kappa shape index (κ2) is 6.98. The summed E-state index contributed by atoms with van der Waals surface area (Å²) in [5.41, 5.74) is 0. The summed E-state index contributed by atoms with van der Waals surface area (Å²) in [5.74, 6) is -0.707. The smallest absolute Gasteiger partial charge is 0.246 e. The van der Waals surface area contributed by atoms with Crippen molar-refractivity contribution in [2.24, 2.45) is 0 Å². The van der Waals surface area contributed by atoms with Crippen LogP contribution in [0.25, 0.3) is 0 Å². The second-order valence-electron chi connectivity index (χ2n) is 5.10. The van der Waals surface area contributed by atoms with Gasteiger partial charge < -0.3 is 4.90 Å². The largest absolute Gasteiger partial charge is 0.333 e. The Morgan fingerprint density at radius 2 is 1.95 bits per heavy atom. The van der Waals surface area contributed by atoms with E-state index in [0.717, 1.165) is 19.0 Å². The SMILES string of the molecule is N#CCCC[NH+]1CCN(S(=O)(=O)c2ccccc2F)CC1. The van der Waals surface area contributed by atoms with Crippen molar-refractivity contribution in [1.29, 1.82) is 5.26 Å². The molecular weight excluding hydrogens is 293 g/mol. The maximum absolute atomic E-state index is 13.7. The third-order valence-corrected chi connectivity index (χ3v) is 5.63. The van der Waals surface area contributed by atoms with Crippen LogP contribution < -0.4 is 4.90 Å². The molecule has 7 heteroatoms. The summed E-state index contributed by atoms with van der Waals surface area (Å²) >= 11 is 0. The fraction of sp³-hybridized carbons (Fsp3) is 0.500. The Hall–Kier alpha value is -1.49. The predicted molar refractivity (Wildman–Crippen MR) is 75.6 cm³/mol. The van der Waals surface area contributed by atoms with Crippen LogP contribution in [0, 0.1) is 17.1 Å². The van der Waals surface area contributed by atoms with Gasteiger partial charge in [0, 0.05) is 12.8 Å². The van der Waals surface area contributed by atoms with Gasteiger partial charge in [0.1, 0.15) is 10.7 Å². The lowest BCUT2D eigenvalue weighted by Gasteiger charge is -2.31. The summed E-state index contributed by atoms with van der Waals surface area (Å²) in [7, 11) is -3.75. The van der Waals surface area contributed by atoms with Crippen molar-refractivity contribution in [3.8, 4) is 6.07 Å². The Morgan fingerprint density at radius 1 is 1.29 bits per heavy atom. The molecule has 0 saturated carbocycles. The highest BCUT2D eigenvalue weighted by Gasteiger charge is 2.31. The van der Waals surface area contributed by atoms with Gasteiger partial charge in [-0.25, -0.2) is 12.8 Å². The minimum atomic E-state index is -3.75. The number of nitriles is 1. The highest BCUT2D eigenvalue weighted by molar-refractivity contribution is 7.89. The molecule has 21 heavy (non-hydrogen) atoms. The molecule has 1 N–H and O–H groups in total. The van der Waals surface area contributed by atoms with E-state index in [4.69, 9.17) is 5.26 Å². The van der Waals surface area contributed by atoms with Crippen LogP contribution in [0.15, 0.2) is 29.2 Å². The van der Waals surface area contributed by atoms with Crippen LogP contribution in [-0.4, -0.2) is 45.4 Å². The molecule has 1 fully saturated rings. The second-order valence-corrected chi connectivity index (χ2v) is 7.00. The molecule has 1 aliphatic heterocycles. The maximum atomic E-state index is 13.7. The number of hydrogen-bond acceptors (Lipinski definition) is 3. The monoisotopic (exact) mass is 312 g/mol. The first-order valence-electron chi connectivity index (χ1n) is 7.01. The Bertz CT molecular complexity index is 619. The van der Waals surface area contributed by atoms with E-state index in [9.17, 15) is 12.8 Å². The molecule has 0 spiro atoms.